The number of nitrogens with one attached hydrogen (secondary N) is 2. The van der Waals surface area contributed by atoms with Gasteiger partial charge in [-0.1, -0.05) is 19.1 Å². The fourth-order valence-corrected chi connectivity index (χ4v) is 4.98. The molecule has 1 unspecified atom stereocenters. The molecule has 2 N–H and O–H groups in total. The average Bonchev–Trinajstić information content (AvgIpc) is 2.91. The summed E-state index contributed by atoms with van der Waals surface area (Å²) in [5.41, 5.74) is 2.12. The maximum absolute atomic E-state index is 13.8. The van der Waals surface area contributed by atoms with Crippen LogP contribution in [0.3, 0.4) is 0 Å². The zero-order valence-electron chi connectivity index (χ0n) is 23.4. The van der Waals surface area contributed by atoms with Crippen LogP contribution in [0, 0.1) is 16.0 Å². The van der Waals surface area contributed by atoms with E-state index in [0.29, 0.717) is 34.9 Å². The summed E-state index contributed by atoms with van der Waals surface area (Å²) in [7, 11) is 3.62. The maximum atomic E-state index is 13.8. The Balaban J connectivity index is 1.79. The Morgan fingerprint density at radius 1 is 1.28 bits per heavy atom. The van der Waals surface area contributed by atoms with Crippen LogP contribution in [0.25, 0.3) is 0 Å². The first-order chi connectivity index (χ1) is 18.7. The minimum absolute atomic E-state index is 0.0807. The summed E-state index contributed by atoms with van der Waals surface area (Å²) in [6, 6.07) is 6.18. The summed E-state index contributed by atoms with van der Waals surface area (Å²) in [5.74, 6) is 0.752. The fraction of sp³-hybridized carbons (Fsp3) is 0.536. The number of dihydropyridines is 1. The summed E-state index contributed by atoms with van der Waals surface area (Å²) in [4.78, 5) is 40.6. The molecule has 0 spiro atoms. The van der Waals surface area contributed by atoms with E-state index in [4.69, 9.17) is 9.47 Å². The summed E-state index contributed by atoms with van der Waals surface area (Å²) in [5, 5.41) is 17.6. The number of carbonyl (C=O) groups excluding carboxylic acids is 2. The first-order valence-electron chi connectivity index (χ1n) is 13.2. The highest BCUT2D eigenvalue weighted by molar-refractivity contribution is 5.97. The number of hydrogen-bond acceptors (Lipinski definition) is 9. The zero-order valence-corrected chi connectivity index (χ0v) is 23.4. The number of likely N-dealkylation sites (N-methyl/N-ethyl adjacent to an activating group) is 1. The number of ether oxygens (including phenoxy) is 2. The lowest BCUT2D eigenvalue weighted by atomic mass is 9.84. The van der Waals surface area contributed by atoms with Gasteiger partial charge < -0.3 is 29.9 Å². The van der Waals surface area contributed by atoms with Crippen molar-refractivity contribution in [2.45, 2.75) is 39.3 Å². The third-order valence-corrected chi connectivity index (χ3v) is 7.17. The quantitative estimate of drug-likeness (QED) is 0.135. The van der Waals surface area contributed by atoms with Gasteiger partial charge in [-0.15, -0.1) is 0 Å². The Labute approximate surface area is 229 Å². The second-order valence-electron chi connectivity index (χ2n) is 10.0. The number of nitrogens with zero attached hydrogens (tertiary/aromatic N) is 3. The van der Waals surface area contributed by atoms with Crippen LogP contribution < -0.4 is 10.6 Å². The van der Waals surface area contributed by atoms with Crippen LogP contribution >= 0.6 is 0 Å². The Morgan fingerprint density at radius 3 is 2.64 bits per heavy atom. The molecule has 0 aromatic heterocycles. The number of piperazine rings is 1. The Bertz CT molecular complexity index is 1150. The van der Waals surface area contributed by atoms with E-state index in [1.807, 2.05) is 6.92 Å². The molecule has 1 aromatic carbocycles. The van der Waals surface area contributed by atoms with E-state index in [2.05, 4.69) is 27.5 Å². The molecule has 0 bridgehead atoms. The van der Waals surface area contributed by atoms with Gasteiger partial charge in [0.25, 0.3) is 11.6 Å². The number of benzene rings is 1. The Hall–Kier alpha value is -3.50. The van der Waals surface area contributed by atoms with Crippen LogP contribution in [-0.4, -0.2) is 86.3 Å². The van der Waals surface area contributed by atoms with Crippen LogP contribution in [0.1, 0.15) is 38.7 Å². The molecule has 1 aromatic rings. The number of allylic oxidation sites excluding steroid dienone is 3. The number of amides is 1. The van der Waals surface area contributed by atoms with Crippen molar-refractivity contribution in [1.29, 1.82) is 0 Å². The predicted octanol–water partition coefficient (Wildman–Crippen LogP) is 2.55. The van der Waals surface area contributed by atoms with Crippen LogP contribution in [0.2, 0.25) is 0 Å². The van der Waals surface area contributed by atoms with E-state index >= 15 is 0 Å². The molecular weight excluding hydrogens is 502 g/mol. The number of carbonyl (C=O) groups is 1. The second kappa shape index (κ2) is 14.0. The predicted molar refractivity (Wildman–Crippen MR) is 147 cm³/mol. The van der Waals surface area contributed by atoms with Crippen molar-refractivity contribution in [3.63, 3.8) is 0 Å². The standard InChI is InChI=1S/C28H39N5O6/c1-19(10-16-34)28(39-17-7-11-32-14-12-31(4)13-15-32)30-27(35)24-20(2)29-21(3)26(38-5)25(24)22-8-6-9-23(18-22)33(36)37/h6,8-10,18-19,25,28-29H,7,11-15,17H2,1-5H3,(H,30,35)/t19?,25-,28+/m1/s1. The first-order valence-corrected chi connectivity index (χ1v) is 13.2. The van der Waals surface area contributed by atoms with Gasteiger partial charge in [-0.2, -0.15) is 0 Å². The van der Waals surface area contributed by atoms with Crippen molar-refractivity contribution in [2.75, 3.05) is 53.5 Å². The van der Waals surface area contributed by atoms with Crippen LogP contribution in [-0.2, 0) is 19.1 Å². The molecule has 2 aliphatic rings. The van der Waals surface area contributed by atoms with Gasteiger partial charge in [0, 0.05) is 62.5 Å². The van der Waals surface area contributed by atoms with Crippen molar-refractivity contribution in [3.05, 3.63) is 68.7 Å². The number of non-ortho nitro benzene ring substituents is 1. The Morgan fingerprint density at radius 2 is 2.00 bits per heavy atom. The first kappa shape index (κ1) is 30.0. The molecule has 2 aliphatic heterocycles. The van der Waals surface area contributed by atoms with Gasteiger partial charge in [-0.3, -0.25) is 14.9 Å². The summed E-state index contributed by atoms with van der Waals surface area (Å²) in [6.07, 6.45) is 1.34. The molecule has 3 rings (SSSR count). The summed E-state index contributed by atoms with van der Waals surface area (Å²) >= 11 is 0. The topological polar surface area (TPSA) is 126 Å². The van der Waals surface area contributed by atoms with Gasteiger partial charge in [0.05, 0.1) is 35.8 Å². The molecule has 11 heteroatoms. The van der Waals surface area contributed by atoms with Gasteiger partial charge >= 0.3 is 0 Å². The van der Waals surface area contributed by atoms with Crippen LogP contribution in [0.5, 0.6) is 0 Å². The summed E-state index contributed by atoms with van der Waals surface area (Å²) in [6.45, 7) is 10.8. The smallest absolute Gasteiger partial charge is 0.269 e. The lowest BCUT2D eigenvalue weighted by Crippen LogP contribution is -2.45. The minimum Gasteiger partial charge on any atom is -0.498 e. The second-order valence-corrected chi connectivity index (χ2v) is 10.0. The number of hydrogen-bond donors (Lipinski definition) is 2. The van der Waals surface area contributed by atoms with E-state index in [0.717, 1.165) is 39.1 Å². The highest BCUT2D eigenvalue weighted by atomic mass is 16.6. The Kier molecular flexibility index (Phi) is 10.8. The molecule has 39 heavy (non-hydrogen) atoms. The van der Waals surface area contributed by atoms with Crippen molar-refractivity contribution < 1.29 is 24.0 Å². The van der Waals surface area contributed by atoms with Gasteiger partial charge in [-0.05, 0) is 32.9 Å². The summed E-state index contributed by atoms with van der Waals surface area (Å²) < 4.78 is 11.7. The average molecular weight is 542 g/mol. The zero-order chi connectivity index (χ0) is 28.5. The molecule has 0 aliphatic carbocycles. The third-order valence-electron chi connectivity index (χ3n) is 7.17. The molecule has 2 heterocycles. The maximum Gasteiger partial charge on any atom is 0.269 e. The molecule has 11 nitrogen and oxygen atoms in total. The van der Waals surface area contributed by atoms with Crippen molar-refractivity contribution in [3.8, 4) is 0 Å². The van der Waals surface area contributed by atoms with E-state index in [1.165, 1.54) is 25.3 Å². The lowest BCUT2D eigenvalue weighted by Gasteiger charge is -2.33. The minimum atomic E-state index is -0.768. The molecule has 0 radical (unpaired) electrons. The molecule has 1 fully saturated rings. The highest BCUT2D eigenvalue weighted by Crippen LogP contribution is 2.39. The monoisotopic (exact) mass is 541 g/mol. The van der Waals surface area contributed by atoms with Crippen molar-refractivity contribution in [1.82, 2.24) is 20.4 Å². The largest absolute Gasteiger partial charge is 0.498 e. The van der Waals surface area contributed by atoms with Crippen molar-refractivity contribution >= 4 is 17.5 Å². The highest BCUT2D eigenvalue weighted by Gasteiger charge is 2.36. The molecular formula is C28H39N5O6. The number of methoxy groups -OCH3 is 1. The van der Waals surface area contributed by atoms with Gasteiger partial charge in [-0.25, -0.2) is 4.79 Å². The third kappa shape index (κ3) is 7.77. The van der Waals surface area contributed by atoms with Gasteiger partial charge in [0.1, 0.15) is 17.9 Å². The fourth-order valence-electron chi connectivity index (χ4n) is 4.98. The number of nitro groups is 1. The molecule has 0 saturated carbocycles. The lowest BCUT2D eigenvalue weighted by molar-refractivity contribution is -0.384. The van der Waals surface area contributed by atoms with E-state index in [-0.39, 0.29) is 5.69 Å². The van der Waals surface area contributed by atoms with Gasteiger partial charge in [0.15, 0.2) is 0 Å². The van der Waals surface area contributed by atoms with Crippen molar-refractivity contribution in [2.24, 2.45) is 5.92 Å². The molecule has 1 saturated heterocycles. The normalized spacial score (nSPS) is 20.1. The van der Waals surface area contributed by atoms with Gasteiger partial charge in [0.2, 0.25) is 0 Å². The van der Waals surface area contributed by atoms with E-state index in [9.17, 15) is 19.7 Å². The number of rotatable bonds is 12. The molecule has 1 amide bonds. The molecule has 3 atom stereocenters. The SMILES string of the molecule is COC1=C(C)NC(C)=C(C(=O)N[C@@H](OCCCN2CCN(C)CC2)C(C)C=C=O)[C@H]1c1cccc([N+](=O)[O-])c1. The van der Waals surface area contributed by atoms with Crippen LogP contribution in [0.4, 0.5) is 5.69 Å². The van der Waals surface area contributed by atoms with Crippen LogP contribution in [0.15, 0.2) is 53.1 Å². The molecule has 212 valence electrons. The van der Waals surface area contributed by atoms with E-state index < -0.39 is 28.9 Å². The van der Waals surface area contributed by atoms with E-state index in [1.54, 1.807) is 31.9 Å². The number of nitro benzene ring substituents is 1.